The summed E-state index contributed by atoms with van der Waals surface area (Å²) in [7, 11) is 0. The molecule has 1 aromatic carbocycles. The lowest BCUT2D eigenvalue weighted by molar-refractivity contribution is 0.0698. The molecule has 0 saturated carbocycles. The van der Waals surface area contributed by atoms with Crippen molar-refractivity contribution >= 4 is 23.5 Å². The van der Waals surface area contributed by atoms with Gasteiger partial charge in [0.1, 0.15) is 11.4 Å². The van der Waals surface area contributed by atoms with Gasteiger partial charge in [0.15, 0.2) is 0 Å². The number of rotatable bonds is 3. The molecule has 0 aliphatic rings. The molecule has 3 N–H and O–H groups in total. The largest absolute Gasteiger partial charge is 0.477 e. The number of nitrogen functional groups attached to an aromatic ring is 1. The van der Waals surface area contributed by atoms with Gasteiger partial charge in [0, 0.05) is 4.90 Å². The highest BCUT2D eigenvalue weighted by molar-refractivity contribution is 7.98. The predicted molar refractivity (Wildman–Crippen MR) is 66.7 cm³/mol. The number of aromatic nitrogens is 2. The first kappa shape index (κ1) is 11.5. The molecule has 1 aromatic heterocycles. The summed E-state index contributed by atoms with van der Waals surface area (Å²) in [5.41, 5.74) is 6.51. The van der Waals surface area contributed by atoms with Crippen LogP contribution in [0.25, 0.3) is 5.69 Å². The topological polar surface area (TPSA) is 81.1 Å². The van der Waals surface area contributed by atoms with E-state index in [1.54, 1.807) is 11.8 Å². The van der Waals surface area contributed by atoms with Crippen LogP contribution in [0, 0.1) is 0 Å². The number of nitrogens with zero attached hydrogens (tertiary/aromatic N) is 2. The average Bonchev–Trinajstić information content (AvgIpc) is 2.71. The van der Waals surface area contributed by atoms with E-state index in [2.05, 4.69) is 5.10 Å². The van der Waals surface area contributed by atoms with Crippen LogP contribution in [0.3, 0.4) is 0 Å². The summed E-state index contributed by atoms with van der Waals surface area (Å²) < 4.78 is 1.42. The molecule has 0 radical (unpaired) electrons. The summed E-state index contributed by atoms with van der Waals surface area (Å²) in [5.74, 6) is -0.939. The van der Waals surface area contributed by atoms with Crippen molar-refractivity contribution in [1.82, 2.24) is 9.78 Å². The minimum atomic E-state index is -1.07. The fourth-order valence-corrected chi connectivity index (χ4v) is 1.92. The number of nitrogens with two attached hydrogens (primary N) is 1. The summed E-state index contributed by atoms with van der Waals surface area (Å²) in [6.07, 6.45) is 3.22. The van der Waals surface area contributed by atoms with Gasteiger partial charge >= 0.3 is 5.97 Å². The first-order valence-electron chi connectivity index (χ1n) is 4.84. The molecule has 0 atom stereocenters. The second-order valence-corrected chi connectivity index (χ2v) is 4.24. The molecular weight excluding hydrogens is 238 g/mol. The number of thioether (sulfide) groups is 1. The lowest BCUT2D eigenvalue weighted by Crippen LogP contribution is -2.05. The van der Waals surface area contributed by atoms with E-state index < -0.39 is 5.97 Å². The van der Waals surface area contributed by atoms with Gasteiger partial charge in [-0.15, -0.1) is 11.8 Å². The number of aromatic carboxylic acids is 1. The zero-order chi connectivity index (χ0) is 12.4. The molecule has 17 heavy (non-hydrogen) atoms. The van der Waals surface area contributed by atoms with Crippen LogP contribution in [0.15, 0.2) is 35.4 Å². The smallest absolute Gasteiger partial charge is 0.341 e. The van der Waals surface area contributed by atoms with Crippen molar-refractivity contribution in [2.75, 3.05) is 12.0 Å². The maximum Gasteiger partial charge on any atom is 0.341 e. The summed E-state index contributed by atoms with van der Waals surface area (Å²) in [4.78, 5) is 11.9. The van der Waals surface area contributed by atoms with Gasteiger partial charge in [0.05, 0.1) is 11.9 Å². The first-order valence-corrected chi connectivity index (χ1v) is 6.07. The third kappa shape index (κ3) is 2.12. The Hall–Kier alpha value is -1.95. The molecule has 0 unspecified atom stereocenters. The molecule has 0 saturated heterocycles. The lowest BCUT2D eigenvalue weighted by Gasteiger charge is -2.05. The second kappa shape index (κ2) is 4.50. The molecule has 0 spiro atoms. The number of hydrogen-bond acceptors (Lipinski definition) is 4. The van der Waals surface area contributed by atoms with E-state index in [-0.39, 0.29) is 11.4 Å². The maximum absolute atomic E-state index is 10.9. The van der Waals surface area contributed by atoms with Crippen molar-refractivity contribution in [3.05, 3.63) is 36.0 Å². The van der Waals surface area contributed by atoms with Crippen LogP contribution in [-0.4, -0.2) is 27.1 Å². The fourth-order valence-electron chi connectivity index (χ4n) is 1.47. The molecule has 5 nitrogen and oxygen atoms in total. The van der Waals surface area contributed by atoms with Crippen LogP contribution >= 0.6 is 11.8 Å². The summed E-state index contributed by atoms with van der Waals surface area (Å²) in [5, 5.41) is 12.9. The molecule has 88 valence electrons. The number of carbonyl (C=O) groups is 1. The van der Waals surface area contributed by atoms with E-state index in [9.17, 15) is 4.79 Å². The normalized spacial score (nSPS) is 10.4. The Labute approximate surface area is 102 Å². The minimum absolute atomic E-state index is 0.0135. The molecule has 1 heterocycles. The maximum atomic E-state index is 10.9. The highest BCUT2D eigenvalue weighted by atomic mass is 32.2. The van der Waals surface area contributed by atoms with Crippen LogP contribution in [-0.2, 0) is 0 Å². The van der Waals surface area contributed by atoms with Crippen LogP contribution in [0.5, 0.6) is 0 Å². The Morgan fingerprint density at radius 2 is 2.29 bits per heavy atom. The van der Waals surface area contributed by atoms with E-state index in [0.29, 0.717) is 0 Å². The van der Waals surface area contributed by atoms with Gasteiger partial charge in [-0.2, -0.15) is 5.10 Å². The van der Waals surface area contributed by atoms with Crippen LogP contribution < -0.4 is 5.73 Å². The van der Waals surface area contributed by atoms with Crippen LogP contribution in [0.1, 0.15) is 10.4 Å². The van der Waals surface area contributed by atoms with E-state index in [1.165, 1.54) is 10.9 Å². The number of anilines is 1. The zero-order valence-electron chi connectivity index (χ0n) is 9.12. The van der Waals surface area contributed by atoms with Gasteiger partial charge in [-0.25, -0.2) is 9.48 Å². The third-order valence-electron chi connectivity index (χ3n) is 2.33. The Morgan fingerprint density at radius 3 is 2.88 bits per heavy atom. The van der Waals surface area contributed by atoms with Gasteiger partial charge < -0.3 is 10.8 Å². The molecule has 0 fully saturated rings. The number of benzene rings is 1. The van der Waals surface area contributed by atoms with Crippen molar-refractivity contribution in [3.8, 4) is 5.69 Å². The quantitative estimate of drug-likeness (QED) is 0.812. The number of carboxylic acids is 1. The average molecular weight is 249 g/mol. The highest BCUT2D eigenvalue weighted by Crippen LogP contribution is 2.21. The van der Waals surface area contributed by atoms with Crippen molar-refractivity contribution in [2.24, 2.45) is 0 Å². The highest BCUT2D eigenvalue weighted by Gasteiger charge is 2.14. The van der Waals surface area contributed by atoms with Crippen LogP contribution in [0.2, 0.25) is 0 Å². The molecule has 0 amide bonds. The monoisotopic (exact) mass is 249 g/mol. The molecular formula is C11H11N3O2S. The summed E-state index contributed by atoms with van der Waals surface area (Å²) >= 11 is 1.60. The molecule has 2 aromatic rings. The van der Waals surface area contributed by atoms with Crippen molar-refractivity contribution in [1.29, 1.82) is 0 Å². The third-order valence-corrected chi connectivity index (χ3v) is 3.06. The van der Waals surface area contributed by atoms with Gasteiger partial charge in [-0.1, -0.05) is 6.07 Å². The Balaban J connectivity index is 2.49. The number of hydrogen-bond donors (Lipinski definition) is 2. The minimum Gasteiger partial charge on any atom is -0.477 e. The van der Waals surface area contributed by atoms with Gasteiger partial charge in [0.25, 0.3) is 0 Å². The number of carboxylic acid groups (broad SMARTS) is 1. The van der Waals surface area contributed by atoms with E-state index in [1.807, 2.05) is 30.5 Å². The Morgan fingerprint density at radius 1 is 1.53 bits per heavy atom. The predicted octanol–water partition coefficient (Wildman–Crippen LogP) is 1.87. The zero-order valence-corrected chi connectivity index (χ0v) is 9.94. The SMILES string of the molecule is CSc1cccc(-n2ncc(C(=O)O)c2N)c1. The molecule has 0 aliphatic carbocycles. The van der Waals surface area contributed by atoms with Gasteiger partial charge in [-0.3, -0.25) is 0 Å². The molecule has 6 heteroatoms. The Bertz CT molecular complexity index is 566. The van der Waals surface area contributed by atoms with Crippen LogP contribution in [0.4, 0.5) is 5.82 Å². The summed E-state index contributed by atoms with van der Waals surface area (Å²) in [6, 6.07) is 7.57. The van der Waals surface area contributed by atoms with Crippen molar-refractivity contribution in [2.45, 2.75) is 4.90 Å². The molecule has 0 aliphatic heterocycles. The van der Waals surface area contributed by atoms with Gasteiger partial charge in [0.2, 0.25) is 0 Å². The fraction of sp³-hybridized carbons (Fsp3) is 0.0909. The molecule has 0 bridgehead atoms. The van der Waals surface area contributed by atoms with Gasteiger partial charge in [-0.05, 0) is 24.5 Å². The standard InChI is InChI=1S/C11H11N3O2S/c1-17-8-4-2-3-7(5-8)14-10(12)9(6-13-14)11(15)16/h2-6H,12H2,1H3,(H,15,16). The second-order valence-electron chi connectivity index (χ2n) is 3.36. The van der Waals surface area contributed by atoms with E-state index >= 15 is 0 Å². The Kier molecular flexibility index (Phi) is 3.06. The van der Waals surface area contributed by atoms with Crippen molar-refractivity contribution in [3.63, 3.8) is 0 Å². The summed E-state index contributed by atoms with van der Waals surface area (Å²) in [6.45, 7) is 0. The van der Waals surface area contributed by atoms with E-state index in [0.717, 1.165) is 10.6 Å². The first-order chi connectivity index (χ1) is 8.13. The van der Waals surface area contributed by atoms with E-state index in [4.69, 9.17) is 10.8 Å². The molecule has 2 rings (SSSR count). The lowest BCUT2D eigenvalue weighted by atomic mass is 10.3. The van der Waals surface area contributed by atoms with Crippen molar-refractivity contribution < 1.29 is 9.90 Å².